The van der Waals surface area contributed by atoms with Gasteiger partial charge in [0.1, 0.15) is 23.4 Å². The maximum Gasteiger partial charge on any atom is 0.235 e. The molecule has 7 nitrogen and oxygen atoms in total. The van der Waals surface area contributed by atoms with Crippen molar-refractivity contribution in [3.05, 3.63) is 63.2 Å². The van der Waals surface area contributed by atoms with Crippen molar-refractivity contribution in [3.8, 4) is 11.8 Å². The van der Waals surface area contributed by atoms with Gasteiger partial charge >= 0.3 is 0 Å². The van der Waals surface area contributed by atoms with Crippen molar-refractivity contribution in [1.29, 1.82) is 5.26 Å². The predicted molar refractivity (Wildman–Crippen MR) is 138 cm³/mol. The highest BCUT2D eigenvalue weighted by Crippen LogP contribution is 2.37. The number of hydrogen-bond acceptors (Lipinski definition) is 7. The zero-order valence-electron chi connectivity index (χ0n) is 18.6. The van der Waals surface area contributed by atoms with Crippen molar-refractivity contribution in [1.82, 2.24) is 14.8 Å². The van der Waals surface area contributed by atoms with Crippen LogP contribution in [0.5, 0.6) is 5.75 Å². The van der Waals surface area contributed by atoms with Gasteiger partial charge in [0.25, 0.3) is 0 Å². The SMILES string of the molecule is C=CCn1c(COc2ccc(Br)cc2)nnc1SCC(=O)Nc1sc2c(c1C#N)CCCCC2. The van der Waals surface area contributed by atoms with Crippen molar-refractivity contribution in [2.45, 2.75) is 50.4 Å². The van der Waals surface area contributed by atoms with E-state index < -0.39 is 0 Å². The lowest BCUT2D eigenvalue weighted by Gasteiger charge is -2.09. The van der Waals surface area contributed by atoms with Crippen LogP contribution in [0.2, 0.25) is 0 Å². The summed E-state index contributed by atoms with van der Waals surface area (Å²) in [6.45, 7) is 4.57. The number of anilines is 1. The number of allylic oxidation sites excluding steroid dienone is 1. The van der Waals surface area contributed by atoms with E-state index in [1.54, 1.807) is 17.4 Å². The Morgan fingerprint density at radius 1 is 1.29 bits per heavy atom. The van der Waals surface area contributed by atoms with Crippen LogP contribution in [-0.4, -0.2) is 26.4 Å². The Kier molecular flexibility index (Phi) is 8.43. The van der Waals surface area contributed by atoms with Crippen molar-refractivity contribution < 1.29 is 9.53 Å². The molecule has 0 atom stereocenters. The molecule has 0 saturated heterocycles. The number of nitriles is 1. The molecule has 0 fully saturated rings. The molecular formula is C24H24BrN5O2S2. The van der Waals surface area contributed by atoms with Crippen LogP contribution in [0.3, 0.4) is 0 Å². The average Bonchev–Trinajstić information content (AvgIpc) is 3.28. The molecule has 0 radical (unpaired) electrons. The Balaban J connectivity index is 1.39. The first-order valence-corrected chi connectivity index (χ1v) is 13.6. The largest absolute Gasteiger partial charge is 0.486 e. The van der Waals surface area contributed by atoms with Crippen LogP contribution < -0.4 is 10.1 Å². The number of nitrogens with zero attached hydrogens (tertiary/aromatic N) is 4. The molecule has 1 N–H and O–H groups in total. The summed E-state index contributed by atoms with van der Waals surface area (Å²) in [6, 6.07) is 9.87. The Morgan fingerprint density at radius 3 is 2.85 bits per heavy atom. The van der Waals surface area contributed by atoms with Crippen molar-refractivity contribution in [2.75, 3.05) is 11.1 Å². The third-order valence-corrected chi connectivity index (χ3v) is 8.11. The highest BCUT2D eigenvalue weighted by atomic mass is 79.9. The zero-order valence-corrected chi connectivity index (χ0v) is 21.8. The fourth-order valence-corrected chi connectivity index (χ4v) is 6.05. The molecule has 1 aromatic carbocycles. The van der Waals surface area contributed by atoms with E-state index in [-0.39, 0.29) is 18.3 Å². The first kappa shape index (κ1) is 24.5. The molecule has 2 aromatic heterocycles. The number of nitrogens with one attached hydrogen (secondary N) is 1. The molecule has 0 bridgehead atoms. The molecule has 1 amide bonds. The van der Waals surface area contributed by atoms with Crippen LogP contribution in [0.15, 0.2) is 46.5 Å². The van der Waals surface area contributed by atoms with E-state index in [0.717, 1.165) is 41.5 Å². The summed E-state index contributed by atoms with van der Waals surface area (Å²) in [5.74, 6) is 1.38. The monoisotopic (exact) mass is 557 g/mol. The van der Waals surface area contributed by atoms with Crippen LogP contribution in [-0.2, 0) is 30.8 Å². The summed E-state index contributed by atoms with van der Waals surface area (Å²) in [4.78, 5) is 13.9. The number of ether oxygens (including phenoxy) is 1. The molecule has 0 unspecified atom stereocenters. The summed E-state index contributed by atoms with van der Waals surface area (Å²) in [5.41, 5.74) is 1.75. The first-order valence-electron chi connectivity index (χ1n) is 11.0. The van der Waals surface area contributed by atoms with E-state index in [1.165, 1.54) is 23.1 Å². The highest BCUT2D eigenvalue weighted by Gasteiger charge is 2.21. The zero-order chi connectivity index (χ0) is 23.9. The minimum absolute atomic E-state index is 0.163. The van der Waals surface area contributed by atoms with E-state index in [2.05, 4.69) is 44.1 Å². The molecule has 1 aliphatic rings. The van der Waals surface area contributed by atoms with Gasteiger partial charge in [0.2, 0.25) is 5.91 Å². The van der Waals surface area contributed by atoms with E-state index in [0.29, 0.717) is 28.1 Å². The number of benzene rings is 1. The lowest BCUT2D eigenvalue weighted by atomic mass is 10.1. The fourth-order valence-electron chi connectivity index (χ4n) is 3.77. The summed E-state index contributed by atoms with van der Waals surface area (Å²) >= 11 is 6.25. The second kappa shape index (κ2) is 11.7. The van der Waals surface area contributed by atoms with Gasteiger partial charge in [-0.05, 0) is 55.5 Å². The third kappa shape index (κ3) is 5.90. The van der Waals surface area contributed by atoms with Gasteiger partial charge in [0, 0.05) is 15.9 Å². The maximum atomic E-state index is 12.7. The summed E-state index contributed by atoms with van der Waals surface area (Å²) in [5, 5.41) is 22.4. The van der Waals surface area contributed by atoms with Gasteiger partial charge in [-0.15, -0.1) is 28.1 Å². The summed E-state index contributed by atoms with van der Waals surface area (Å²) in [6.07, 6.45) is 7.06. The standard InChI is InChI=1S/C24H24BrN5O2S2/c1-2-12-30-21(14-32-17-10-8-16(25)9-11-17)28-29-24(30)33-15-22(31)27-23-19(13-26)18-6-4-3-5-7-20(18)34-23/h2,8-11H,1,3-7,12,14-15H2,(H,27,31). The van der Waals surface area contributed by atoms with Crippen LogP contribution in [0.1, 0.15) is 41.1 Å². The Morgan fingerprint density at radius 2 is 2.09 bits per heavy atom. The number of aromatic nitrogens is 3. The minimum atomic E-state index is -0.168. The number of halogens is 1. The van der Waals surface area contributed by atoms with Gasteiger partial charge in [0.15, 0.2) is 11.0 Å². The summed E-state index contributed by atoms with van der Waals surface area (Å²) in [7, 11) is 0. The van der Waals surface area contributed by atoms with E-state index in [9.17, 15) is 10.1 Å². The Labute approximate surface area is 215 Å². The molecule has 4 rings (SSSR count). The molecule has 0 spiro atoms. The highest BCUT2D eigenvalue weighted by molar-refractivity contribution is 9.10. The Bertz CT molecular complexity index is 1210. The molecule has 0 saturated carbocycles. The fraction of sp³-hybridized carbons (Fsp3) is 0.333. The first-order chi connectivity index (χ1) is 16.6. The molecule has 176 valence electrons. The number of thioether (sulfide) groups is 1. The second-order valence-electron chi connectivity index (χ2n) is 7.76. The van der Waals surface area contributed by atoms with Crippen molar-refractivity contribution >= 4 is 49.9 Å². The molecule has 0 aliphatic heterocycles. The number of hydrogen-bond donors (Lipinski definition) is 1. The van der Waals surface area contributed by atoms with Gasteiger partial charge < -0.3 is 10.1 Å². The van der Waals surface area contributed by atoms with Gasteiger partial charge in [-0.2, -0.15) is 5.26 Å². The second-order valence-corrected chi connectivity index (χ2v) is 10.7. The number of aryl methyl sites for hydroxylation is 1. The maximum absolute atomic E-state index is 12.7. The van der Waals surface area contributed by atoms with Crippen LogP contribution in [0.4, 0.5) is 5.00 Å². The molecular weight excluding hydrogens is 534 g/mol. The van der Waals surface area contributed by atoms with Crippen LogP contribution in [0.25, 0.3) is 0 Å². The Hall–Kier alpha value is -2.61. The molecule has 3 aromatic rings. The van der Waals surface area contributed by atoms with Gasteiger partial charge in [-0.25, -0.2) is 0 Å². The number of thiophene rings is 1. The molecule has 10 heteroatoms. The number of fused-ring (bicyclic) bond motifs is 1. The molecule has 1 aliphatic carbocycles. The molecule has 2 heterocycles. The van der Waals surface area contributed by atoms with Gasteiger partial charge in [0.05, 0.1) is 11.3 Å². The number of carbonyl (C=O) groups is 1. The van der Waals surface area contributed by atoms with E-state index >= 15 is 0 Å². The molecule has 34 heavy (non-hydrogen) atoms. The number of rotatable bonds is 9. The topological polar surface area (TPSA) is 92.8 Å². The average molecular weight is 559 g/mol. The number of amides is 1. The summed E-state index contributed by atoms with van der Waals surface area (Å²) < 4.78 is 8.70. The van der Waals surface area contributed by atoms with Crippen molar-refractivity contribution in [2.24, 2.45) is 0 Å². The number of carbonyl (C=O) groups excluding carboxylic acids is 1. The lowest BCUT2D eigenvalue weighted by molar-refractivity contribution is -0.113. The van der Waals surface area contributed by atoms with E-state index in [4.69, 9.17) is 4.74 Å². The quantitative estimate of drug-likeness (QED) is 0.205. The third-order valence-electron chi connectivity index (χ3n) is 5.41. The predicted octanol–water partition coefficient (Wildman–Crippen LogP) is 5.74. The van der Waals surface area contributed by atoms with Gasteiger partial charge in [-0.3, -0.25) is 9.36 Å². The van der Waals surface area contributed by atoms with E-state index in [1.807, 2.05) is 28.8 Å². The van der Waals surface area contributed by atoms with Crippen molar-refractivity contribution in [3.63, 3.8) is 0 Å². The normalized spacial score (nSPS) is 12.9. The van der Waals surface area contributed by atoms with Gasteiger partial charge in [-0.1, -0.05) is 40.2 Å². The minimum Gasteiger partial charge on any atom is -0.486 e. The smallest absolute Gasteiger partial charge is 0.235 e. The van der Waals surface area contributed by atoms with Crippen LogP contribution in [0, 0.1) is 11.3 Å². The van der Waals surface area contributed by atoms with Crippen LogP contribution >= 0.6 is 39.0 Å². The lowest BCUT2D eigenvalue weighted by Crippen LogP contribution is -2.15.